The molecule has 4 nitrogen and oxygen atoms in total. The van der Waals surface area contributed by atoms with Crippen LogP contribution in [0.2, 0.25) is 0 Å². The van der Waals surface area contributed by atoms with E-state index >= 15 is 0 Å². The molecule has 1 fully saturated rings. The van der Waals surface area contributed by atoms with Crippen molar-refractivity contribution in [3.8, 4) is 11.4 Å². The zero-order valence-electron chi connectivity index (χ0n) is 11.4. The van der Waals surface area contributed by atoms with Gasteiger partial charge < -0.3 is 9.88 Å². The molecule has 20 heavy (non-hydrogen) atoms. The summed E-state index contributed by atoms with van der Waals surface area (Å²) in [5.74, 6) is 2.30. The Kier molecular flexibility index (Phi) is 2.63. The summed E-state index contributed by atoms with van der Waals surface area (Å²) in [5.41, 5.74) is 1.47. The number of hydrogen-bond donors (Lipinski definition) is 1. The van der Waals surface area contributed by atoms with Crippen molar-refractivity contribution in [1.82, 2.24) is 20.1 Å². The zero-order valence-corrected chi connectivity index (χ0v) is 11.4. The standard InChI is InChI=1S/C15H17FN4/c1-9-2-3-11(8-12(9)16)14-18-19-15-13(10-4-5-10)17-6-7-20(14)15/h2-3,8,10,13,17H,4-7H2,1H3. The quantitative estimate of drug-likeness (QED) is 0.913. The second-order valence-electron chi connectivity index (χ2n) is 5.77. The van der Waals surface area contributed by atoms with Gasteiger partial charge in [0, 0.05) is 18.7 Å². The van der Waals surface area contributed by atoms with Crippen LogP contribution in [0, 0.1) is 18.7 Å². The molecule has 0 amide bonds. The average molecular weight is 272 g/mol. The maximum Gasteiger partial charge on any atom is 0.164 e. The number of fused-ring (bicyclic) bond motifs is 1. The largest absolute Gasteiger partial charge is 0.308 e. The van der Waals surface area contributed by atoms with Crippen molar-refractivity contribution < 1.29 is 4.39 Å². The van der Waals surface area contributed by atoms with Gasteiger partial charge in [-0.15, -0.1) is 10.2 Å². The van der Waals surface area contributed by atoms with Crippen LogP contribution in [0.3, 0.4) is 0 Å². The Labute approximate surface area is 117 Å². The summed E-state index contributed by atoms with van der Waals surface area (Å²) in [7, 11) is 0. The van der Waals surface area contributed by atoms with Gasteiger partial charge in [0.15, 0.2) is 11.6 Å². The van der Waals surface area contributed by atoms with E-state index in [2.05, 4.69) is 20.1 Å². The number of rotatable bonds is 2. The molecule has 5 heteroatoms. The van der Waals surface area contributed by atoms with Crippen molar-refractivity contribution in [1.29, 1.82) is 0 Å². The van der Waals surface area contributed by atoms with Crippen molar-refractivity contribution >= 4 is 0 Å². The van der Waals surface area contributed by atoms with Gasteiger partial charge in [-0.3, -0.25) is 0 Å². The fraction of sp³-hybridized carbons (Fsp3) is 0.467. The second kappa shape index (κ2) is 4.38. The lowest BCUT2D eigenvalue weighted by Crippen LogP contribution is -2.35. The lowest BCUT2D eigenvalue weighted by Gasteiger charge is -2.25. The van der Waals surface area contributed by atoms with E-state index in [0.29, 0.717) is 17.5 Å². The predicted molar refractivity (Wildman–Crippen MR) is 73.6 cm³/mol. The smallest absolute Gasteiger partial charge is 0.164 e. The van der Waals surface area contributed by atoms with Crippen LogP contribution in [-0.2, 0) is 6.54 Å². The van der Waals surface area contributed by atoms with Crippen LogP contribution in [0.4, 0.5) is 4.39 Å². The van der Waals surface area contributed by atoms with Gasteiger partial charge in [-0.25, -0.2) is 4.39 Å². The predicted octanol–water partition coefficient (Wildman–Crippen LogP) is 2.45. The maximum absolute atomic E-state index is 13.7. The van der Waals surface area contributed by atoms with Crippen molar-refractivity contribution in [2.45, 2.75) is 32.4 Å². The van der Waals surface area contributed by atoms with Gasteiger partial charge in [-0.2, -0.15) is 0 Å². The first-order valence-corrected chi connectivity index (χ1v) is 7.17. The van der Waals surface area contributed by atoms with E-state index in [1.54, 1.807) is 19.1 Å². The Hall–Kier alpha value is -1.75. The molecule has 4 rings (SSSR count). The summed E-state index contributed by atoms with van der Waals surface area (Å²) in [4.78, 5) is 0. The van der Waals surface area contributed by atoms with Gasteiger partial charge in [0.1, 0.15) is 5.82 Å². The highest BCUT2D eigenvalue weighted by atomic mass is 19.1. The maximum atomic E-state index is 13.7. The minimum absolute atomic E-state index is 0.187. The third kappa shape index (κ3) is 1.85. The Morgan fingerprint density at radius 1 is 1.30 bits per heavy atom. The minimum Gasteiger partial charge on any atom is -0.308 e. The van der Waals surface area contributed by atoms with Crippen molar-refractivity contribution in [2.24, 2.45) is 5.92 Å². The van der Waals surface area contributed by atoms with E-state index in [-0.39, 0.29) is 5.82 Å². The normalized spacial score (nSPS) is 21.8. The summed E-state index contributed by atoms with van der Waals surface area (Å²) < 4.78 is 15.9. The van der Waals surface area contributed by atoms with E-state index in [0.717, 1.165) is 30.3 Å². The number of nitrogens with zero attached hydrogens (tertiary/aromatic N) is 3. The lowest BCUT2D eigenvalue weighted by molar-refractivity contribution is 0.383. The Bertz CT molecular complexity index is 660. The summed E-state index contributed by atoms with van der Waals surface area (Å²) in [5, 5.41) is 12.2. The van der Waals surface area contributed by atoms with E-state index < -0.39 is 0 Å². The number of aryl methyl sites for hydroxylation is 1. The highest BCUT2D eigenvalue weighted by Gasteiger charge is 2.37. The number of nitrogens with one attached hydrogen (secondary N) is 1. The molecule has 2 aliphatic rings. The van der Waals surface area contributed by atoms with Gasteiger partial charge in [0.05, 0.1) is 6.04 Å². The van der Waals surface area contributed by atoms with Crippen LogP contribution in [0.1, 0.15) is 30.3 Å². The molecule has 1 aliphatic carbocycles. The molecule has 1 atom stereocenters. The highest BCUT2D eigenvalue weighted by Crippen LogP contribution is 2.42. The van der Waals surface area contributed by atoms with Crippen LogP contribution < -0.4 is 5.32 Å². The molecular formula is C15H17FN4. The third-order valence-electron chi connectivity index (χ3n) is 4.28. The van der Waals surface area contributed by atoms with Gasteiger partial charge in [0.25, 0.3) is 0 Å². The SMILES string of the molecule is Cc1ccc(-c2nnc3n2CCNC3C2CC2)cc1F. The van der Waals surface area contributed by atoms with Gasteiger partial charge >= 0.3 is 0 Å². The second-order valence-corrected chi connectivity index (χ2v) is 5.77. The first-order chi connectivity index (χ1) is 9.74. The molecule has 0 bridgehead atoms. The minimum atomic E-state index is -0.187. The molecule has 1 aromatic carbocycles. The number of hydrogen-bond acceptors (Lipinski definition) is 3. The van der Waals surface area contributed by atoms with E-state index in [9.17, 15) is 4.39 Å². The zero-order chi connectivity index (χ0) is 13.7. The van der Waals surface area contributed by atoms with Crippen LogP contribution >= 0.6 is 0 Å². The van der Waals surface area contributed by atoms with Gasteiger partial charge in [-0.1, -0.05) is 12.1 Å². The van der Waals surface area contributed by atoms with Crippen LogP contribution in [0.15, 0.2) is 18.2 Å². The first kappa shape index (κ1) is 12.0. The molecule has 1 unspecified atom stereocenters. The fourth-order valence-corrected chi connectivity index (χ4v) is 2.94. The summed E-state index contributed by atoms with van der Waals surface area (Å²) in [6.07, 6.45) is 2.53. The summed E-state index contributed by atoms with van der Waals surface area (Å²) in [6, 6.07) is 5.59. The summed E-state index contributed by atoms with van der Waals surface area (Å²) in [6.45, 7) is 3.54. The Morgan fingerprint density at radius 3 is 2.90 bits per heavy atom. The first-order valence-electron chi connectivity index (χ1n) is 7.17. The fourth-order valence-electron chi connectivity index (χ4n) is 2.94. The van der Waals surface area contributed by atoms with Crippen molar-refractivity contribution in [3.63, 3.8) is 0 Å². The molecule has 2 heterocycles. The topological polar surface area (TPSA) is 42.7 Å². The molecule has 1 N–H and O–H groups in total. The van der Waals surface area contributed by atoms with E-state index in [1.165, 1.54) is 12.8 Å². The van der Waals surface area contributed by atoms with Crippen molar-refractivity contribution in [3.05, 3.63) is 35.4 Å². The number of aromatic nitrogens is 3. The van der Waals surface area contributed by atoms with Gasteiger partial charge in [-0.05, 0) is 37.3 Å². The summed E-state index contributed by atoms with van der Waals surface area (Å²) >= 11 is 0. The average Bonchev–Trinajstić information content (AvgIpc) is 3.21. The van der Waals surface area contributed by atoms with Crippen LogP contribution in [0.5, 0.6) is 0 Å². The van der Waals surface area contributed by atoms with E-state index in [1.807, 2.05) is 6.07 Å². The molecule has 2 aromatic rings. The van der Waals surface area contributed by atoms with Crippen LogP contribution in [0.25, 0.3) is 11.4 Å². The number of benzene rings is 1. The number of halogens is 1. The molecule has 104 valence electrons. The molecule has 1 aromatic heterocycles. The molecule has 0 spiro atoms. The third-order valence-corrected chi connectivity index (χ3v) is 4.28. The monoisotopic (exact) mass is 272 g/mol. The lowest BCUT2D eigenvalue weighted by atomic mass is 10.1. The highest BCUT2D eigenvalue weighted by molar-refractivity contribution is 5.56. The molecule has 0 radical (unpaired) electrons. The Morgan fingerprint density at radius 2 is 2.15 bits per heavy atom. The Balaban J connectivity index is 1.77. The van der Waals surface area contributed by atoms with E-state index in [4.69, 9.17) is 0 Å². The molecule has 1 aliphatic heterocycles. The van der Waals surface area contributed by atoms with Crippen LogP contribution in [-0.4, -0.2) is 21.3 Å². The molecule has 1 saturated carbocycles. The molecule has 0 saturated heterocycles. The molecular weight excluding hydrogens is 255 g/mol. The van der Waals surface area contributed by atoms with Gasteiger partial charge in [0.2, 0.25) is 0 Å². The van der Waals surface area contributed by atoms with Crippen molar-refractivity contribution in [2.75, 3.05) is 6.54 Å².